The number of hydrogen-bond acceptors (Lipinski definition) is 3. The van der Waals surface area contributed by atoms with Crippen LogP contribution in [0.15, 0.2) is 35.9 Å². The fraction of sp³-hybridized carbons (Fsp3) is 0.400. The fourth-order valence-corrected chi connectivity index (χ4v) is 2.35. The predicted molar refractivity (Wildman–Crippen MR) is 69.3 cm³/mol. The summed E-state index contributed by atoms with van der Waals surface area (Å²) in [6.07, 6.45) is 0.387. The Morgan fingerprint density at radius 3 is 2.61 bits per heavy atom. The summed E-state index contributed by atoms with van der Waals surface area (Å²) in [6, 6.07) is 6.94. The van der Waals surface area contributed by atoms with Crippen LogP contribution < -0.4 is 0 Å². The molecule has 1 aromatic carbocycles. The van der Waals surface area contributed by atoms with Gasteiger partial charge >= 0.3 is 0 Å². The number of aliphatic hydroxyl groups excluding tert-OH is 2. The van der Waals surface area contributed by atoms with Crippen molar-refractivity contribution in [2.75, 3.05) is 0 Å². The van der Waals surface area contributed by atoms with Gasteiger partial charge in [-0.1, -0.05) is 35.9 Å². The maximum Gasteiger partial charge on any atom is 0.169 e. The Hall–Kier alpha value is -1.45. The first-order chi connectivity index (χ1) is 8.52. The number of aliphatic hydroxyl groups is 2. The predicted octanol–water partition coefficient (Wildman–Crippen LogP) is 2.25. The average Bonchev–Trinajstić information content (AvgIpc) is 2.36. The third kappa shape index (κ3) is 2.24. The van der Waals surface area contributed by atoms with E-state index in [1.165, 1.54) is 0 Å². The van der Waals surface area contributed by atoms with E-state index in [0.29, 0.717) is 17.5 Å². The van der Waals surface area contributed by atoms with Crippen molar-refractivity contribution in [2.45, 2.75) is 32.5 Å². The molecular formula is C15H18O3. The van der Waals surface area contributed by atoms with Crippen molar-refractivity contribution in [2.24, 2.45) is 5.92 Å². The molecule has 0 fully saturated rings. The van der Waals surface area contributed by atoms with E-state index in [1.807, 2.05) is 19.9 Å². The highest BCUT2D eigenvalue weighted by Crippen LogP contribution is 2.35. The summed E-state index contributed by atoms with van der Waals surface area (Å²) in [7, 11) is 0. The van der Waals surface area contributed by atoms with Crippen molar-refractivity contribution in [1.82, 2.24) is 0 Å². The van der Waals surface area contributed by atoms with Gasteiger partial charge in [0.1, 0.15) is 6.10 Å². The fourth-order valence-electron chi connectivity index (χ4n) is 2.35. The van der Waals surface area contributed by atoms with E-state index in [-0.39, 0.29) is 5.78 Å². The lowest BCUT2D eigenvalue weighted by atomic mass is 9.77. The van der Waals surface area contributed by atoms with Crippen molar-refractivity contribution < 1.29 is 15.0 Å². The molecule has 1 aromatic rings. The quantitative estimate of drug-likeness (QED) is 0.787. The molecule has 96 valence electrons. The van der Waals surface area contributed by atoms with Crippen LogP contribution in [0.3, 0.4) is 0 Å². The molecule has 2 rings (SSSR count). The number of carbonyl (C=O) groups is 1. The minimum atomic E-state index is -1.03. The van der Waals surface area contributed by atoms with Gasteiger partial charge in [-0.05, 0) is 25.8 Å². The molecule has 1 aliphatic carbocycles. The summed E-state index contributed by atoms with van der Waals surface area (Å²) in [6.45, 7) is 3.90. The maximum atomic E-state index is 12.3. The lowest BCUT2D eigenvalue weighted by Gasteiger charge is -2.32. The minimum absolute atomic E-state index is 0.0825. The van der Waals surface area contributed by atoms with E-state index < -0.39 is 18.1 Å². The van der Waals surface area contributed by atoms with Gasteiger partial charge in [0.15, 0.2) is 5.78 Å². The van der Waals surface area contributed by atoms with Crippen LogP contribution in [0.1, 0.15) is 42.3 Å². The molecule has 0 radical (unpaired) electrons. The molecule has 0 bridgehead atoms. The summed E-state index contributed by atoms with van der Waals surface area (Å²) in [5.74, 6) is -0.634. The Labute approximate surface area is 107 Å². The van der Waals surface area contributed by atoms with E-state index >= 15 is 0 Å². The summed E-state index contributed by atoms with van der Waals surface area (Å²) in [5, 5.41) is 20.1. The molecule has 0 spiro atoms. The largest absolute Gasteiger partial charge is 0.389 e. The van der Waals surface area contributed by atoms with E-state index in [4.69, 9.17) is 0 Å². The SMILES string of the molecule is CC(C)=CCC1C(=O)c2ccccc2C(O)C1O. The van der Waals surface area contributed by atoms with E-state index in [0.717, 1.165) is 5.57 Å². The molecular weight excluding hydrogens is 228 g/mol. The average molecular weight is 246 g/mol. The van der Waals surface area contributed by atoms with Gasteiger partial charge < -0.3 is 10.2 Å². The lowest BCUT2D eigenvalue weighted by Crippen LogP contribution is -2.38. The first kappa shape index (κ1) is 13.0. The molecule has 0 aromatic heterocycles. The van der Waals surface area contributed by atoms with E-state index in [9.17, 15) is 15.0 Å². The van der Waals surface area contributed by atoms with Crippen molar-refractivity contribution in [3.63, 3.8) is 0 Å². The number of ketones is 1. The molecule has 3 unspecified atom stereocenters. The van der Waals surface area contributed by atoms with Crippen LogP contribution in [0.25, 0.3) is 0 Å². The number of fused-ring (bicyclic) bond motifs is 1. The Bertz CT molecular complexity index is 486. The van der Waals surface area contributed by atoms with Crippen LogP contribution in [0, 0.1) is 5.92 Å². The molecule has 0 aliphatic heterocycles. The third-order valence-electron chi connectivity index (χ3n) is 3.40. The van der Waals surface area contributed by atoms with Crippen molar-refractivity contribution in [3.8, 4) is 0 Å². The molecule has 2 N–H and O–H groups in total. The smallest absolute Gasteiger partial charge is 0.169 e. The number of benzene rings is 1. The number of carbonyl (C=O) groups excluding carboxylic acids is 1. The monoisotopic (exact) mass is 246 g/mol. The number of allylic oxidation sites excluding steroid dienone is 2. The molecule has 3 heteroatoms. The summed E-state index contributed by atoms with van der Waals surface area (Å²) in [4.78, 5) is 12.3. The van der Waals surface area contributed by atoms with Crippen LogP contribution in [0.4, 0.5) is 0 Å². The van der Waals surface area contributed by atoms with Gasteiger partial charge in [0.25, 0.3) is 0 Å². The van der Waals surface area contributed by atoms with Crippen molar-refractivity contribution in [3.05, 3.63) is 47.0 Å². The van der Waals surface area contributed by atoms with Gasteiger partial charge in [-0.25, -0.2) is 0 Å². The van der Waals surface area contributed by atoms with Crippen LogP contribution in [-0.4, -0.2) is 22.1 Å². The summed E-state index contributed by atoms with van der Waals surface area (Å²) < 4.78 is 0. The first-order valence-corrected chi connectivity index (χ1v) is 6.15. The van der Waals surface area contributed by atoms with Crippen LogP contribution >= 0.6 is 0 Å². The van der Waals surface area contributed by atoms with Crippen LogP contribution in [-0.2, 0) is 0 Å². The topological polar surface area (TPSA) is 57.5 Å². The minimum Gasteiger partial charge on any atom is -0.389 e. The highest BCUT2D eigenvalue weighted by atomic mass is 16.3. The Kier molecular flexibility index (Phi) is 3.64. The highest BCUT2D eigenvalue weighted by Gasteiger charge is 2.39. The Morgan fingerprint density at radius 2 is 1.94 bits per heavy atom. The zero-order valence-electron chi connectivity index (χ0n) is 10.6. The molecule has 18 heavy (non-hydrogen) atoms. The Morgan fingerprint density at radius 1 is 1.28 bits per heavy atom. The standard InChI is InChI=1S/C15H18O3/c1-9(2)7-8-12-13(16)10-5-3-4-6-11(10)14(17)15(12)18/h3-7,12,14-15,17-18H,8H2,1-2H3. The molecule has 0 saturated heterocycles. The van der Waals surface area contributed by atoms with Gasteiger partial charge in [0.2, 0.25) is 0 Å². The first-order valence-electron chi connectivity index (χ1n) is 6.15. The van der Waals surface area contributed by atoms with Gasteiger partial charge in [0.05, 0.1) is 12.0 Å². The Balaban J connectivity index is 2.36. The second kappa shape index (κ2) is 5.04. The molecule has 0 saturated carbocycles. The van der Waals surface area contributed by atoms with Gasteiger partial charge in [-0.2, -0.15) is 0 Å². The second-order valence-corrected chi connectivity index (χ2v) is 5.01. The summed E-state index contributed by atoms with van der Waals surface area (Å²) in [5.41, 5.74) is 2.16. The zero-order chi connectivity index (χ0) is 13.3. The second-order valence-electron chi connectivity index (χ2n) is 5.01. The lowest BCUT2D eigenvalue weighted by molar-refractivity contribution is -0.0191. The van der Waals surface area contributed by atoms with Crippen LogP contribution in [0.5, 0.6) is 0 Å². The molecule has 1 aliphatic rings. The molecule has 0 heterocycles. The van der Waals surface area contributed by atoms with Gasteiger partial charge in [-0.15, -0.1) is 0 Å². The molecule has 3 nitrogen and oxygen atoms in total. The van der Waals surface area contributed by atoms with Crippen LogP contribution in [0.2, 0.25) is 0 Å². The van der Waals surface area contributed by atoms with Gasteiger partial charge in [-0.3, -0.25) is 4.79 Å². The third-order valence-corrected chi connectivity index (χ3v) is 3.40. The number of Topliss-reactive ketones (excluding diaryl/α,β-unsaturated/α-hetero) is 1. The molecule has 3 atom stereocenters. The van der Waals surface area contributed by atoms with Crippen molar-refractivity contribution in [1.29, 1.82) is 0 Å². The highest BCUT2D eigenvalue weighted by molar-refractivity contribution is 6.01. The van der Waals surface area contributed by atoms with Gasteiger partial charge in [0, 0.05) is 5.56 Å². The van der Waals surface area contributed by atoms with Crippen molar-refractivity contribution >= 4 is 5.78 Å². The molecule has 0 amide bonds. The normalized spacial score (nSPS) is 26.7. The van der Waals surface area contributed by atoms with E-state index in [1.54, 1.807) is 24.3 Å². The zero-order valence-corrected chi connectivity index (χ0v) is 10.6. The summed E-state index contributed by atoms with van der Waals surface area (Å²) >= 11 is 0. The van der Waals surface area contributed by atoms with E-state index in [2.05, 4.69) is 0 Å². The maximum absolute atomic E-state index is 12.3. The number of hydrogen-bond donors (Lipinski definition) is 2. The number of rotatable bonds is 2.